The minimum absolute atomic E-state index is 0.618. The largest absolute Gasteiger partial charge is 0.260 e. The molecule has 0 unspecified atom stereocenters. The van der Waals surface area contributed by atoms with Crippen LogP contribution in [-0.2, 0) is 21.6 Å². The molecule has 2 nitrogen and oxygen atoms in total. The third-order valence-corrected chi connectivity index (χ3v) is 4.46. The summed E-state index contributed by atoms with van der Waals surface area (Å²) in [6.07, 6.45) is 1.75. The molecule has 0 saturated carbocycles. The first-order valence-electron chi connectivity index (χ1n) is 3.49. The van der Waals surface area contributed by atoms with E-state index in [1.165, 1.54) is 0 Å². The van der Waals surface area contributed by atoms with Crippen molar-refractivity contribution in [2.75, 3.05) is 23.0 Å². The summed E-state index contributed by atoms with van der Waals surface area (Å²) >= 11 is 0. The van der Waals surface area contributed by atoms with Gasteiger partial charge in [-0.1, -0.05) is 0 Å². The Morgan fingerprint density at radius 3 is 1.30 bits per heavy atom. The van der Waals surface area contributed by atoms with Gasteiger partial charge in [0.25, 0.3) is 0 Å². The van der Waals surface area contributed by atoms with Crippen LogP contribution in [0.3, 0.4) is 0 Å². The van der Waals surface area contributed by atoms with E-state index in [2.05, 4.69) is 0 Å². The topological polar surface area (TPSA) is 34.1 Å². The summed E-state index contributed by atoms with van der Waals surface area (Å²) in [6.45, 7) is 0. The lowest BCUT2D eigenvalue weighted by molar-refractivity contribution is 0.672. The Bertz CT molecular complexity index is 126. The van der Waals surface area contributed by atoms with E-state index in [-0.39, 0.29) is 0 Å². The van der Waals surface area contributed by atoms with Crippen molar-refractivity contribution in [3.8, 4) is 0 Å². The Labute approximate surface area is 66.3 Å². The molecule has 1 rings (SSSR count). The molecule has 1 aliphatic heterocycles. The highest BCUT2D eigenvalue weighted by atomic mass is 32.2. The van der Waals surface area contributed by atoms with Crippen LogP contribution in [0, 0.1) is 0 Å². The first-order valence-corrected chi connectivity index (χ1v) is 6.46. The van der Waals surface area contributed by atoms with Crippen molar-refractivity contribution in [2.24, 2.45) is 0 Å². The summed E-state index contributed by atoms with van der Waals surface area (Å²) in [7, 11) is -1.24. The maximum atomic E-state index is 11.0. The molecule has 1 saturated heterocycles. The molecule has 0 bridgehead atoms. The smallest absolute Gasteiger partial charge is 0.0243 e. The summed E-state index contributed by atoms with van der Waals surface area (Å²) in [5.41, 5.74) is 0. The quantitative estimate of drug-likeness (QED) is 0.536. The normalized spacial score (nSPS) is 36.4. The van der Waals surface area contributed by atoms with Crippen LogP contribution in [0.1, 0.15) is 12.8 Å². The molecule has 0 atom stereocenters. The van der Waals surface area contributed by atoms with Crippen molar-refractivity contribution in [1.29, 1.82) is 0 Å². The molecule has 1 fully saturated rings. The van der Waals surface area contributed by atoms with Gasteiger partial charge < -0.3 is 0 Å². The van der Waals surface area contributed by atoms with Crippen molar-refractivity contribution in [1.82, 2.24) is 0 Å². The second kappa shape index (κ2) is 4.23. The molecule has 0 aliphatic carbocycles. The maximum Gasteiger partial charge on any atom is 0.0243 e. The van der Waals surface area contributed by atoms with Gasteiger partial charge in [-0.25, -0.2) is 0 Å². The average Bonchev–Trinajstić information content (AvgIpc) is 1.84. The monoisotopic (exact) mass is 180 g/mol. The van der Waals surface area contributed by atoms with Gasteiger partial charge in [-0.15, -0.1) is 0 Å². The summed E-state index contributed by atoms with van der Waals surface area (Å²) in [6, 6.07) is 0. The molecule has 60 valence electrons. The van der Waals surface area contributed by atoms with E-state index in [0.29, 0.717) is 0 Å². The van der Waals surface area contributed by atoms with E-state index < -0.39 is 21.6 Å². The van der Waals surface area contributed by atoms with Crippen molar-refractivity contribution >= 4 is 21.6 Å². The molecule has 0 spiro atoms. The molecule has 0 aromatic rings. The van der Waals surface area contributed by atoms with Crippen LogP contribution in [0.25, 0.3) is 0 Å². The minimum Gasteiger partial charge on any atom is -0.260 e. The fraction of sp³-hybridized carbons (Fsp3) is 1.00. The van der Waals surface area contributed by atoms with Crippen LogP contribution in [0.5, 0.6) is 0 Å². The Hall–Kier alpha value is 0.300. The van der Waals surface area contributed by atoms with Gasteiger partial charge in [0.15, 0.2) is 0 Å². The Morgan fingerprint density at radius 2 is 1.00 bits per heavy atom. The number of rotatable bonds is 0. The zero-order chi connectivity index (χ0) is 7.40. The third kappa shape index (κ3) is 2.92. The van der Waals surface area contributed by atoms with Gasteiger partial charge in [0.05, 0.1) is 0 Å². The first-order chi connectivity index (χ1) is 4.79. The van der Waals surface area contributed by atoms with Crippen molar-refractivity contribution in [2.45, 2.75) is 12.8 Å². The second-order valence-electron chi connectivity index (χ2n) is 2.40. The first kappa shape index (κ1) is 8.40. The summed E-state index contributed by atoms with van der Waals surface area (Å²) in [5, 5.41) is 0. The van der Waals surface area contributed by atoms with Crippen molar-refractivity contribution < 1.29 is 8.42 Å². The highest BCUT2D eigenvalue weighted by Gasteiger charge is 2.07. The molecule has 0 radical (unpaired) electrons. The lowest BCUT2D eigenvalue weighted by Gasteiger charge is -2.06. The van der Waals surface area contributed by atoms with Crippen LogP contribution >= 0.6 is 0 Å². The van der Waals surface area contributed by atoms with Gasteiger partial charge in [0.2, 0.25) is 0 Å². The molecule has 0 aromatic heterocycles. The Balaban J connectivity index is 2.34. The van der Waals surface area contributed by atoms with Gasteiger partial charge in [-0.2, -0.15) is 0 Å². The number of hydrogen-bond donors (Lipinski definition) is 0. The van der Waals surface area contributed by atoms with E-state index in [9.17, 15) is 8.42 Å². The molecule has 0 amide bonds. The highest BCUT2D eigenvalue weighted by Crippen LogP contribution is 2.00. The molecule has 1 aliphatic rings. The van der Waals surface area contributed by atoms with E-state index in [1.807, 2.05) is 0 Å². The predicted octanol–water partition coefficient (Wildman–Crippen LogP) is 0.278. The van der Waals surface area contributed by atoms with Crippen LogP contribution < -0.4 is 0 Å². The maximum absolute atomic E-state index is 11.0. The van der Waals surface area contributed by atoms with E-state index >= 15 is 0 Å². The van der Waals surface area contributed by atoms with Crippen molar-refractivity contribution in [3.05, 3.63) is 0 Å². The molecule has 4 heteroatoms. The second-order valence-corrected chi connectivity index (χ2v) is 5.80. The average molecular weight is 180 g/mol. The Morgan fingerprint density at radius 1 is 0.700 bits per heavy atom. The summed E-state index contributed by atoms with van der Waals surface area (Å²) in [5.74, 6) is 3.02. The molecular formula is C6H12O2S2. The van der Waals surface area contributed by atoms with Gasteiger partial charge in [0, 0.05) is 44.6 Å². The zero-order valence-electron chi connectivity index (χ0n) is 5.88. The SMILES string of the molecule is O=S1CCCS(=O)CCC1. The standard InChI is InChI=1S/C6H12O2S2/c7-9-3-1-4-10(8)6-2-5-9/h1-6H2. The third-order valence-electron chi connectivity index (χ3n) is 1.49. The predicted molar refractivity (Wildman–Crippen MR) is 45.0 cm³/mol. The zero-order valence-corrected chi connectivity index (χ0v) is 7.51. The van der Waals surface area contributed by atoms with Crippen LogP contribution in [-0.4, -0.2) is 31.4 Å². The van der Waals surface area contributed by atoms with Gasteiger partial charge in [-0.3, -0.25) is 8.42 Å². The highest BCUT2D eigenvalue weighted by molar-refractivity contribution is 7.86. The molecule has 10 heavy (non-hydrogen) atoms. The van der Waals surface area contributed by atoms with E-state index in [0.717, 1.165) is 35.9 Å². The van der Waals surface area contributed by atoms with Gasteiger partial charge in [0.1, 0.15) is 0 Å². The Kier molecular flexibility index (Phi) is 3.56. The van der Waals surface area contributed by atoms with Gasteiger partial charge >= 0.3 is 0 Å². The lowest BCUT2D eigenvalue weighted by Crippen LogP contribution is -2.15. The van der Waals surface area contributed by atoms with E-state index in [4.69, 9.17) is 0 Å². The minimum atomic E-state index is -0.618. The van der Waals surface area contributed by atoms with E-state index in [1.54, 1.807) is 0 Å². The molecule has 1 heterocycles. The number of hydrogen-bond acceptors (Lipinski definition) is 2. The van der Waals surface area contributed by atoms with Crippen molar-refractivity contribution in [3.63, 3.8) is 0 Å². The van der Waals surface area contributed by atoms with Crippen LogP contribution in [0.4, 0.5) is 0 Å². The summed E-state index contributed by atoms with van der Waals surface area (Å²) < 4.78 is 21.9. The lowest BCUT2D eigenvalue weighted by atomic mass is 10.6. The fourth-order valence-electron chi connectivity index (χ4n) is 0.966. The summed E-state index contributed by atoms with van der Waals surface area (Å²) in [4.78, 5) is 0. The molecular weight excluding hydrogens is 168 g/mol. The van der Waals surface area contributed by atoms with Crippen LogP contribution in [0.15, 0.2) is 0 Å². The molecule has 0 N–H and O–H groups in total. The van der Waals surface area contributed by atoms with Gasteiger partial charge in [-0.05, 0) is 12.8 Å². The van der Waals surface area contributed by atoms with Crippen LogP contribution in [0.2, 0.25) is 0 Å². The fourth-order valence-corrected chi connectivity index (χ4v) is 3.60. The molecule has 0 aromatic carbocycles.